The zero-order valence-corrected chi connectivity index (χ0v) is 11.7. The molecule has 1 aromatic carbocycles. The first-order valence-corrected chi connectivity index (χ1v) is 6.46. The quantitative estimate of drug-likeness (QED) is 0.689. The number of hydrogen-bond acceptors (Lipinski definition) is 4. The van der Waals surface area contributed by atoms with Gasteiger partial charge in [0.25, 0.3) is 11.5 Å². The number of halogens is 1. The van der Waals surface area contributed by atoms with E-state index >= 15 is 0 Å². The minimum absolute atomic E-state index is 0.0509. The number of aromatic nitrogens is 2. The Bertz CT molecular complexity index is 858. The van der Waals surface area contributed by atoms with Crippen LogP contribution in [0.15, 0.2) is 46.1 Å². The van der Waals surface area contributed by atoms with Gasteiger partial charge >= 0.3 is 11.7 Å². The van der Waals surface area contributed by atoms with Gasteiger partial charge in [0.2, 0.25) is 0 Å². The predicted octanol–water partition coefficient (Wildman–Crippen LogP) is -0.441. The van der Waals surface area contributed by atoms with Crippen molar-refractivity contribution in [2.45, 2.75) is 12.6 Å². The van der Waals surface area contributed by atoms with Crippen LogP contribution in [0.5, 0.6) is 0 Å². The molecule has 3 N–H and O–H groups in total. The molecule has 0 bridgehead atoms. The maximum atomic E-state index is 13.1. The summed E-state index contributed by atoms with van der Waals surface area (Å²) in [6.07, 6.45) is 1.12. The van der Waals surface area contributed by atoms with Gasteiger partial charge in [0.15, 0.2) is 0 Å². The van der Waals surface area contributed by atoms with Gasteiger partial charge < -0.3 is 10.4 Å². The number of H-pyrrole nitrogens is 1. The summed E-state index contributed by atoms with van der Waals surface area (Å²) < 4.78 is 14.0. The van der Waals surface area contributed by atoms with E-state index in [4.69, 9.17) is 5.11 Å². The molecule has 8 nitrogen and oxygen atoms in total. The molecule has 120 valence electrons. The van der Waals surface area contributed by atoms with Crippen molar-refractivity contribution in [1.29, 1.82) is 0 Å². The summed E-state index contributed by atoms with van der Waals surface area (Å²) in [5.41, 5.74) is -1.48. The lowest BCUT2D eigenvalue weighted by molar-refractivity contribution is -0.139. The molecule has 23 heavy (non-hydrogen) atoms. The van der Waals surface area contributed by atoms with E-state index in [0.29, 0.717) is 0 Å². The van der Waals surface area contributed by atoms with E-state index in [9.17, 15) is 23.6 Å². The van der Waals surface area contributed by atoms with Gasteiger partial charge in [-0.15, -0.1) is 0 Å². The van der Waals surface area contributed by atoms with Crippen molar-refractivity contribution >= 4 is 11.9 Å². The number of carboxylic acids is 1. The fourth-order valence-corrected chi connectivity index (χ4v) is 1.84. The van der Waals surface area contributed by atoms with Gasteiger partial charge in [0, 0.05) is 17.8 Å². The molecule has 2 rings (SSSR count). The smallest absolute Gasteiger partial charge is 0.328 e. The highest BCUT2D eigenvalue weighted by atomic mass is 19.1. The van der Waals surface area contributed by atoms with Gasteiger partial charge in [-0.05, 0) is 18.2 Å². The van der Waals surface area contributed by atoms with Crippen molar-refractivity contribution in [2.24, 2.45) is 0 Å². The number of rotatable bonds is 5. The number of carboxylic acid groups (broad SMARTS) is 1. The number of nitrogens with zero attached hydrogens (tertiary/aromatic N) is 1. The second-order valence-electron chi connectivity index (χ2n) is 4.64. The first-order valence-electron chi connectivity index (χ1n) is 6.46. The SMILES string of the molecule is O=C(N[C@@H](Cn1ccc(=O)[nH]c1=O)C(=O)O)c1cccc(F)c1. The molecule has 0 saturated heterocycles. The van der Waals surface area contributed by atoms with Crippen LogP contribution in [0.25, 0.3) is 0 Å². The summed E-state index contributed by atoms with van der Waals surface area (Å²) >= 11 is 0. The number of aliphatic carboxylic acids is 1. The van der Waals surface area contributed by atoms with Gasteiger partial charge in [-0.1, -0.05) is 6.07 Å². The molecule has 0 aliphatic carbocycles. The lowest BCUT2D eigenvalue weighted by Crippen LogP contribution is -2.46. The molecule has 0 aliphatic rings. The third kappa shape index (κ3) is 4.13. The van der Waals surface area contributed by atoms with E-state index in [2.05, 4.69) is 5.32 Å². The minimum Gasteiger partial charge on any atom is -0.480 e. The molecule has 1 amide bonds. The second-order valence-corrected chi connectivity index (χ2v) is 4.64. The Morgan fingerprint density at radius 2 is 2.04 bits per heavy atom. The fraction of sp³-hybridized carbons (Fsp3) is 0.143. The van der Waals surface area contributed by atoms with Gasteiger partial charge in [-0.25, -0.2) is 14.0 Å². The normalized spacial score (nSPS) is 11.7. The highest BCUT2D eigenvalue weighted by molar-refractivity contribution is 5.96. The van der Waals surface area contributed by atoms with E-state index in [1.165, 1.54) is 12.1 Å². The lowest BCUT2D eigenvalue weighted by Gasteiger charge is -2.15. The first-order chi connectivity index (χ1) is 10.9. The zero-order chi connectivity index (χ0) is 17.0. The highest BCUT2D eigenvalue weighted by Crippen LogP contribution is 2.04. The summed E-state index contributed by atoms with van der Waals surface area (Å²) in [6.45, 7) is -0.397. The summed E-state index contributed by atoms with van der Waals surface area (Å²) in [5.74, 6) is -2.82. The minimum atomic E-state index is -1.44. The molecule has 0 radical (unpaired) electrons. The van der Waals surface area contributed by atoms with E-state index in [0.717, 1.165) is 29.0 Å². The van der Waals surface area contributed by atoms with Crippen molar-refractivity contribution in [2.75, 3.05) is 0 Å². The lowest BCUT2D eigenvalue weighted by atomic mass is 10.2. The van der Waals surface area contributed by atoms with Crippen LogP contribution < -0.4 is 16.6 Å². The Labute approximate surface area is 128 Å². The highest BCUT2D eigenvalue weighted by Gasteiger charge is 2.22. The van der Waals surface area contributed by atoms with Crippen LogP contribution in [-0.2, 0) is 11.3 Å². The van der Waals surface area contributed by atoms with E-state index in [1.807, 2.05) is 4.98 Å². The summed E-state index contributed by atoms with van der Waals surface area (Å²) in [5, 5.41) is 11.3. The topological polar surface area (TPSA) is 121 Å². The monoisotopic (exact) mass is 321 g/mol. The first kappa shape index (κ1) is 16.1. The van der Waals surface area contributed by atoms with Crippen molar-refractivity contribution < 1.29 is 19.1 Å². The number of carbonyl (C=O) groups excluding carboxylic acids is 1. The van der Waals surface area contributed by atoms with Crippen LogP contribution in [-0.4, -0.2) is 32.6 Å². The Balaban J connectivity index is 2.19. The van der Waals surface area contributed by atoms with Crippen LogP contribution in [0, 0.1) is 5.82 Å². The molecule has 1 aromatic heterocycles. The molecule has 9 heteroatoms. The number of aromatic amines is 1. The van der Waals surface area contributed by atoms with E-state index in [1.54, 1.807) is 0 Å². The second kappa shape index (κ2) is 6.69. The molecule has 2 aromatic rings. The van der Waals surface area contributed by atoms with Gasteiger partial charge in [0.05, 0.1) is 6.54 Å². The molecular weight excluding hydrogens is 309 g/mol. The fourth-order valence-electron chi connectivity index (χ4n) is 1.84. The standard InChI is InChI=1S/C14H12FN3O5/c15-9-3-1-2-8(6-9)12(20)16-10(13(21)22)7-18-5-4-11(19)17-14(18)23/h1-6,10H,7H2,(H,16,20)(H,21,22)(H,17,19,23)/t10-/m0/s1. The van der Waals surface area contributed by atoms with Crippen molar-refractivity contribution in [3.8, 4) is 0 Å². The molecule has 0 saturated carbocycles. The maximum Gasteiger partial charge on any atom is 0.328 e. The number of benzene rings is 1. The Morgan fingerprint density at radius 3 is 2.65 bits per heavy atom. The average molecular weight is 321 g/mol. The summed E-state index contributed by atoms with van der Waals surface area (Å²) in [4.78, 5) is 47.7. The Kier molecular flexibility index (Phi) is 4.69. The predicted molar refractivity (Wildman–Crippen MR) is 76.6 cm³/mol. The number of carbonyl (C=O) groups is 2. The van der Waals surface area contributed by atoms with E-state index < -0.39 is 41.5 Å². The molecule has 0 fully saturated rings. The van der Waals surface area contributed by atoms with Crippen LogP contribution in [0.3, 0.4) is 0 Å². The van der Waals surface area contributed by atoms with Gasteiger partial charge in [-0.3, -0.25) is 19.1 Å². The molecule has 0 aliphatic heterocycles. The number of nitrogens with one attached hydrogen (secondary N) is 2. The van der Waals surface area contributed by atoms with Crippen LogP contribution in [0.1, 0.15) is 10.4 Å². The number of hydrogen-bond donors (Lipinski definition) is 3. The van der Waals surface area contributed by atoms with Gasteiger partial charge in [0.1, 0.15) is 11.9 Å². The summed E-state index contributed by atoms with van der Waals surface area (Å²) in [7, 11) is 0. The molecule has 1 heterocycles. The molecule has 1 atom stereocenters. The molecule has 0 spiro atoms. The third-order valence-corrected chi connectivity index (χ3v) is 2.97. The van der Waals surface area contributed by atoms with Crippen LogP contribution in [0.4, 0.5) is 4.39 Å². The zero-order valence-electron chi connectivity index (χ0n) is 11.7. The Hall–Kier alpha value is -3.23. The van der Waals surface area contributed by atoms with Crippen LogP contribution >= 0.6 is 0 Å². The number of amides is 1. The molecular formula is C14H12FN3O5. The molecule has 0 unspecified atom stereocenters. The van der Waals surface area contributed by atoms with Gasteiger partial charge in [-0.2, -0.15) is 0 Å². The average Bonchev–Trinajstić information content (AvgIpc) is 2.48. The van der Waals surface area contributed by atoms with Crippen molar-refractivity contribution in [3.63, 3.8) is 0 Å². The van der Waals surface area contributed by atoms with E-state index in [-0.39, 0.29) is 5.56 Å². The largest absolute Gasteiger partial charge is 0.480 e. The third-order valence-electron chi connectivity index (χ3n) is 2.97. The summed E-state index contributed by atoms with van der Waals surface area (Å²) in [6, 6.07) is 4.35. The Morgan fingerprint density at radius 1 is 1.30 bits per heavy atom. The van der Waals surface area contributed by atoms with Crippen LogP contribution in [0.2, 0.25) is 0 Å². The van der Waals surface area contributed by atoms with Crippen molar-refractivity contribution in [3.05, 3.63) is 68.7 Å². The maximum absolute atomic E-state index is 13.1. The van der Waals surface area contributed by atoms with Crippen molar-refractivity contribution in [1.82, 2.24) is 14.9 Å².